The van der Waals surface area contributed by atoms with E-state index in [-0.39, 0.29) is 18.1 Å². The number of methoxy groups -OCH3 is 2. The van der Waals surface area contributed by atoms with E-state index in [9.17, 15) is 18.0 Å². The van der Waals surface area contributed by atoms with Crippen LogP contribution in [0.5, 0.6) is 11.5 Å². The molecule has 0 fully saturated rings. The second-order valence-corrected chi connectivity index (χ2v) is 11.3. The average molecular weight is 589 g/mol. The zero-order valence-electron chi connectivity index (χ0n) is 22.3. The molecule has 0 radical (unpaired) electrons. The van der Waals surface area contributed by atoms with Crippen LogP contribution in [0.3, 0.4) is 0 Å². The van der Waals surface area contributed by atoms with Gasteiger partial charge in [-0.25, -0.2) is 8.42 Å². The molecular formula is C26H35Cl2N3O6S. The maximum atomic E-state index is 13.8. The summed E-state index contributed by atoms with van der Waals surface area (Å²) in [7, 11) is -1.03. The Labute approximate surface area is 235 Å². The van der Waals surface area contributed by atoms with Crippen LogP contribution in [0.1, 0.15) is 38.7 Å². The molecule has 1 unspecified atom stereocenters. The average Bonchev–Trinajstić information content (AvgIpc) is 2.87. The first-order chi connectivity index (χ1) is 18.0. The highest BCUT2D eigenvalue weighted by Crippen LogP contribution is 2.33. The fraction of sp³-hybridized carbons (Fsp3) is 0.462. The third-order valence-corrected chi connectivity index (χ3v) is 7.79. The normalized spacial score (nSPS) is 12.0. The number of sulfonamides is 1. The van der Waals surface area contributed by atoms with Crippen molar-refractivity contribution >= 4 is 50.7 Å². The molecular weight excluding hydrogens is 553 g/mol. The first-order valence-corrected chi connectivity index (χ1v) is 14.8. The highest BCUT2D eigenvalue weighted by molar-refractivity contribution is 7.92. The van der Waals surface area contributed by atoms with E-state index in [4.69, 9.17) is 32.7 Å². The van der Waals surface area contributed by atoms with E-state index in [2.05, 4.69) is 5.32 Å². The highest BCUT2D eigenvalue weighted by Gasteiger charge is 2.32. The van der Waals surface area contributed by atoms with Gasteiger partial charge in [0, 0.05) is 34.8 Å². The van der Waals surface area contributed by atoms with E-state index in [0.717, 1.165) is 23.4 Å². The largest absolute Gasteiger partial charge is 0.493 e. The summed E-state index contributed by atoms with van der Waals surface area (Å²) in [5.74, 6) is -0.235. The third-order valence-electron chi connectivity index (χ3n) is 5.94. The quantitative estimate of drug-likeness (QED) is 0.326. The Kier molecular flexibility index (Phi) is 12.0. The van der Waals surface area contributed by atoms with Gasteiger partial charge < -0.3 is 19.7 Å². The van der Waals surface area contributed by atoms with Crippen molar-refractivity contribution in [1.29, 1.82) is 0 Å². The summed E-state index contributed by atoms with van der Waals surface area (Å²) in [5.41, 5.74) is 0.663. The predicted octanol–water partition coefficient (Wildman–Crippen LogP) is 4.50. The fourth-order valence-corrected chi connectivity index (χ4v) is 5.23. The summed E-state index contributed by atoms with van der Waals surface area (Å²) >= 11 is 12.8. The summed E-state index contributed by atoms with van der Waals surface area (Å²) in [5, 5.41) is 3.53. The molecule has 2 aromatic carbocycles. The van der Waals surface area contributed by atoms with Crippen molar-refractivity contribution in [2.45, 2.75) is 45.7 Å². The van der Waals surface area contributed by atoms with Gasteiger partial charge >= 0.3 is 0 Å². The van der Waals surface area contributed by atoms with E-state index in [1.54, 1.807) is 31.2 Å². The lowest BCUT2D eigenvalue weighted by atomic mass is 10.1. The summed E-state index contributed by atoms with van der Waals surface area (Å²) in [6.45, 7) is 3.60. The van der Waals surface area contributed by atoms with E-state index < -0.39 is 28.5 Å². The third kappa shape index (κ3) is 8.15. The summed E-state index contributed by atoms with van der Waals surface area (Å²) in [6, 6.07) is 8.61. The second-order valence-electron chi connectivity index (χ2n) is 8.60. The van der Waals surface area contributed by atoms with Crippen LogP contribution in [0, 0.1) is 0 Å². The number of rotatable bonds is 14. The molecule has 0 bridgehead atoms. The zero-order valence-corrected chi connectivity index (χ0v) is 24.6. The van der Waals surface area contributed by atoms with Gasteiger partial charge in [-0.05, 0) is 37.1 Å². The standard InChI is InChI=1S/C26H35Cl2N3O6S/c1-6-8-14-29-26(33)22(7-2)30(16-19-20(27)10-9-11-21(19)28)25(32)17-31(38(5,34)35)18-12-13-23(36-3)24(15-18)37-4/h9-13,15,22H,6-8,14,16-17H2,1-5H3,(H,29,33). The number of nitrogens with one attached hydrogen (secondary N) is 1. The molecule has 0 heterocycles. The molecule has 1 N–H and O–H groups in total. The number of carbonyl (C=O) groups excluding carboxylic acids is 2. The highest BCUT2D eigenvalue weighted by atomic mass is 35.5. The van der Waals surface area contributed by atoms with Crippen LogP contribution in [0.4, 0.5) is 5.69 Å². The molecule has 0 aliphatic heterocycles. The minimum atomic E-state index is -3.91. The zero-order chi connectivity index (χ0) is 28.5. The predicted molar refractivity (Wildman–Crippen MR) is 151 cm³/mol. The van der Waals surface area contributed by atoms with Crippen molar-refractivity contribution in [1.82, 2.24) is 10.2 Å². The van der Waals surface area contributed by atoms with E-state index in [0.29, 0.717) is 40.1 Å². The minimum Gasteiger partial charge on any atom is -0.493 e. The van der Waals surface area contributed by atoms with E-state index in [1.807, 2.05) is 6.92 Å². The molecule has 0 aromatic heterocycles. The van der Waals surface area contributed by atoms with Gasteiger partial charge in [-0.1, -0.05) is 49.5 Å². The fourth-order valence-electron chi connectivity index (χ4n) is 3.87. The van der Waals surface area contributed by atoms with Gasteiger partial charge in [0.1, 0.15) is 12.6 Å². The second kappa shape index (κ2) is 14.5. The Balaban J connectivity index is 2.51. The molecule has 2 amide bonds. The lowest BCUT2D eigenvalue weighted by Gasteiger charge is -2.33. The molecule has 0 spiro atoms. The lowest BCUT2D eigenvalue weighted by molar-refractivity contribution is -0.140. The molecule has 2 aromatic rings. The number of unbranched alkanes of at least 4 members (excludes halogenated alkanes) is 1. The molecule has 0 saturated heterocycles. The maximum Gasteiger partial charge on any atom is 0.244 e. The van der Waals surface area contributed by atoms with Crippen LogP contribution in [-0.2, 0) is 26.2 Å². The number of halogens is 2. The number of benzene rings is 2. The Hall–Kier alpha value is -2.69. The van der Waals surface area contributed by atoms with Crippen LogP contribution < -0.4 is 19.1 Å². The molecule has 0 aliphatic carbocycles. The first-order valence-electron chi connectivity index (χ1n) is 12.2. The van der Waals surface area contributed by atoms with Crippen molar-refractivity contribution in [3.63, 3.8) is 0 Å². The van der Waals surface area contributed by atoms with E-state index in [1.165, 1.54) is 31.3 Å². The van der Waals surface area contributed by atoms with Gasteiger partial charge in [0.05, 0.1) is 26.2 Å². The van der Waals surface area contributed by atoms with Crippen LogP contribution in [0.15, 0.2) is 36.4 Å². The SMILES string of the molecule is CCCCNC(=O)C(CC)N(Cc1c(Cl)cccc1Cl)C(=O)CN(c1ccc(OC)c(OC)c1)S(C)(=O)=O. The molecule has 1 atom stereocenters. The van der Waals surface area contributed by atoms with Crippen molar-refractivity contribution in [2.24, 2.45) is 0 Å². The van der Waals surface area contributed by atoms with Crippen LogP contribution in [0.2, 0.25) is 10.0 Å². The van der Waals surface area contributed by atoms with Gasteiger partial charge in [0.25, 0.3) is 0 Å². The smallest absolute Gasteiger partial charge is 0.244 e. The number of amides is 2. The topological polar surface area (TPSA) is 105 Å². The van der Waals surface area contributed by atoms with Gasteiger partial charge in [0.2, 0.25) is 21.8 Å². The molecule has 210 valence electrons. The Morgan fingerprint density at radius 1 is 1.03 bits per heavy atom. The summed E-state index contributed by atoms with van der Waals surface area (Å²) < 4.78 is 37.1. The Morgan fingerprint density at radius 2 is 1.66 bits per heavy atom. The summed E-state index contributed by atoms with van der Waals surface area (Å²) in [4.78, 5) is 28.3. The number of hydrogen-bond donors (Lipinski definition) is 1. The van der Waals surface area contributed by atoms with Crippen LogP contribution in [-0.4, -0.2) is 64.7 Å². The van der Waals surface area contributed by atoms with Gasteiger partial charge in [0.15, 0.2) is 11.5 Å². The van der Waals surface area contributed by atoms with Gasteiger partial charge in [-0.3, -0.25) is 13.9 Å². The lowest BCUT2D eigenvalue weighted by Crippen LogP contribution is -2.52. The molecule has 38 heavy (non-hydrogen) atoms. The minimum absolute atomic E-state index is 0.0828. The van der Waals surface area contributed by atoms with Crippen molar-refractivity contribution in [3.8, 4) is 11.5 Å². The number of carbonyl (C=O) groups is 2. The van der Waals surface area contributed by atoms with Crippen LogP contribution in [0.25, 0.3) is 0 Å². The Morgan fingerprint density at radius 3 is 2.18 bits per heavy atom. The molecule has 0 saturated carbocycles. The molecule has 0 aliphatic rings. The van der Waals surface area contributed by atoms with Gasteiger partial charge in [-0.15, -0.1) is 0 Å². The van der Waals surface area contributed by atoms with Crippen molar-refractivity contribution < 1.29 is 27.5 Å². The van der Waals surface area contributed by atoms with Crippen molar-refractivity contribution in [2.75, 3.05) is 37.9 Å². The molecule has 2 rings (SSSR count). The number of anilines is 1. The summed E-state index contributed by atoms with van der Waals surface area (Å²) in [6.07, 6.45) is 2.97. The monoisotopic (exact) mass is 587 g/mol. The maximum absolute atomic E-state index is 13.8. The molecule has 9 nitrogen and oxygen atoms in total. The number of nitrogens with zero attached hydrogens (tertiary/aromatic N) is 2. The van der Waals surface area contributed by atoms with E-state index >= 15 is 0 Å². The van der Waals surface area contributed by atoms with Crippen molar-refractivity contribution in [3.05, 3.63) is 52.0 Å². The first kappa shape index (κ1) is 31.5. The number of hydrogen-bond acceptors (Lipinski definition) is 6. The number of ether oxygens (including phenoxy) is 2. The molecule has 12 heteroatoms. The Bertz CT molecular complexity index is 1210. The van der Waals surface area contributed by atoms with Crippen LogP contribution >= 0.6 is 23.2 Å². The van der Waals surface area contributed by atoms with Gasteiger partial charge in [-0.2, -0.15) is 0 Å².